The van der Waals surface area contributed by atoms with Gasteiger partial charge >= 0.3 is 0 Å². The molecule has 22 heavy (non-hydrogen) atoms. The zero-order valence-corrected chi connectivity index (χ0v) is 12.1. The molecule has 0 bridgehead atoms. The molecule has 0 unspecified atom stereocenters. The Kier molecular flexibility index (Phi) is 4.77. The van der Waals surface area contributed by atoms with Crippen LogP contribution in [0.4, 0.5) is 0 Å². The number of aromatic nitrogens is 2. The Morgan fingerprint density at radius 2 is 2.23 bits per heavy atom. The zero-order chi connectivity index (χ0) is 15.2. The van der Waals surface area contributed by atoms with Gasteiger partial charge in [-0.3, -0.25) is 14.7 Å². The maximum atomic E-state index is 12.1. The molecule has 0 aromatic carbocycles. The van der Waals surface area contributed by atoms with Crippen LogP contribution in [0.25, 0.3) is 0 Å². The first-order valence-corrected chi connectivity index (χ1v) is 7.24. The Labute approximate surface area is 128 Å². The lowest BCUT2D eigenvalue weighted by molar-refractivity contribution is 0.0118. The van der Waals surface area contributed by atoms with Gasteiger partial charge in [0.1, 0.15) is 11.5 Å². The summed E-state index contributed by atoms with van der Waals surface area (Å²) in [5.41, 5.74) is 0.308. The van der Waals surface area contributed by atoms with E-state index in [2.05, 4.69) is 20.2 Å². The van der Waals surface area contributed by atoms with Crippen molar-refractivity contribution in [3.05, 3.63) is 48.4 Å². The molecule has 2 aromatic heterocycles. The summed E-state index contributed by atoms with van der Waals surface area (Å²) < 4.78 is 10.9. The van der Waals surface area contributed by atoms with E-state index in [1.54, 1.807) is 6.26 Å². The third kappa shape index (κ3) is 3.49. The normalized spacial score (nSPS) is 17.1. The van der Waals surface area contributed by atoms with Crippen molar-refractivity contribution in [1.29, 1.82) is 0 Å². The first-order chi connectivity index (χ1) is 10.8. The van der Waals surface area contributed by atoms with E-state index in [0.29, 0.717) is 25.5 Å². The van der Waals surface area contributed by atoms with E-state index < -0.39 is 0 Å². The Bertz CT molecular complexity index is 582. The van der Waals surface area contributed by atoms with Gasteiger partial charge in [0.15, 0.2) is 0 Å². The Balaban J connectivity index is 1.66. The fourth-order valence-corrected chi connectivity index (χ4v) is 2.48. The van der Waals surface area contributed by atoms with Crippen molar-refractivity contribution in [1.82, 2.24) is 20.2 Å². The van der Waals surface area contributed by atoms with E-state index in [9.17, 15) is 4.79 Å². The van der Waals surface area contributed by atoms with E-state index in [-0.39, 0.29) is 11.9 Å². The van der Waals surface area contributed by atoms with Gasteiger partial charge in [-0.15, -0.1) is 0 Å². The quantitative estimate of drug-likeness (QED) is 0.883. The third-order valence-corrected chi connectivity index (χ3v) is 3.61. The van der Waals surface area contributed by atoms with Crippen LogP contribution in [0.15, 0.2) is 41.4 Å². The molecule has 0 aliphatic carbocycles. The molecule has 7 nitrogen and oxygen atoms in total. The molecule has 3 rings (SSSR count). The van der Waals surface area contributed by atoms with Crippen molar-refractivity contribution in [3.63, 3.8) is 0 Å². The van der Waals surface area contributed by atoms with E-state index in [1.807, 2.05) is 12.1 Å². The summed E-state index contributed by atoms with van der Waals surface area (Å²) in [4.78, 5) is 22.3. The molecule has 7 heteroatoms. The minimum absolute atomic E-state index is 0.0143. The molecule has 1 atom stereocenters. The third-order valence-electron chi connectivity index (χ3n) is 3.61. The van der Waals surface area contributed by atoms with Gasteiger partial charge in [-0.25, -0.2) is 4.98 Å². The smallest absolute Gasteiger partial charge is 0.271 e. The van der Waals surface area contributed by atoms with Gasteiger partial charge in [0.2, 0.25) is 0 Å². The second kappa shape index (κ2) is 7.15. The van der Waals surface area contributed by atoms with Crippen molar-refractivity contribution in [2.24, 2.45) is 0 Å². The molecule has 1 aliphatic heterocycles. The van der Waals surface area contributed by atoms with E-state index in [4.69, 9.17) is 9.15 Å². The van der Waals surface area contributed by atoms with Gasteiger partial charge in [-0.1, -0.05) is 0 Å². The molecule has 1 fully saturated rings. The Morgan fingerprint density at radius 1 is 1.36 bits per heavy atom. The van der Waals surface area contributed by atoms with Gasteiger partial charge in [0.25, 0.3) is 5.91 Å². The lowest BCUT2D eigenvalue weighted by atomic mass is 10.1. The summed E-state index contributed by atoms with van der Waals surface area (Å²) in [6, 6.07) is 3.77. The Morgan fingerprint density at radius 3 is 2.91 bits per heavy atom. The van der Waals surface area contributed by atoms with Crippen LogP contribution in [0, 0.1) is 0 Å². The van der Waals surface area contributed by atoms with Crippen molar-refractivity contribution >= 4 is 5.91 Å². The first kappa shape index (κ1) is 14.7. The van der Waals surface area contributed by atoms with Crippen LogP contribution in [0.5, 0.6) is 0 Å². The number of morpholine rings is 1. The minimum Gasteiger partial charge on any atom is -0.468 e. The maximum Gasteiger partial charge on any atom is 0.271 e. The number of carbonyl (C=O) groups excluding carboxylic acids is 1. The molecule has 0 spiro atoms. The fourth-order valence-electron chi connectivity index (χ4n) is 2.48. The molecule has 1 amide bonds. The average Bonchev–Trinajstić information content (AvgIpc) is 3.11. The number of furan rings is 1. The molecule has 116 valence electrons. The monoisotopic (exact) mass is 302 g/mol. The van der Waals surface area contributed by atoms with Crippen LogP contribution in [0.1, 0.15) is 22.3 Å². The van der Waals surface area contributed by atoms with Crippen molar-refractivity contribution in [2.45, 2.75) is 6.04 Å². The van der Waals surface area contributed by atoms with Crippen molar-refractivity contribution < 1.29 is 13.9 Å². The van der Waals surface area contributed by atoms with Crippen molar-refractivity contribution in [2.75, 3.05) is 32.8 Å². The summed E-state index contributed by atoms with van der Waals surface area (Å²) in [7, 11) is 0. The number of ether oxygens (including phenoxy) is 1. The number of nitrogens with zero attached hydrogens (tertiary/aromatic N) is 3. The molecule has 1 aliphatic rings. The lowest BCUT2D eigenvalue weighted by Crippen LogP contribution is -2.43. The van der Waals surface area contributed by atoms with Crippen molar-refractivity contribution in [3.8, 4) is 0 Å². The highest BCUT2D eigenvalue weighted by Crippen LogP contribution is 2.21. The van der Waals surface area contributed by atoms with E-state index in [1.165, 1.54) is 18.6 Å². The topological polar surface area (TPSA) is 80.5 Å². The summed E-state index contributed by atoms with van der Waals surface area (Å²) >= 11 is 0. The molecule has 0 saturated carbocycles. The fraction of sp³-hybridized carbons (Fsp3) is 0.400. The molecule has 0 radical (unpaired) electrons. The average molecular weight is 302 g/mol. The standard InChI is InChI=1S/C15H18N4O3/c20-15(12-10-16-3-4-17-12)18-11-13(14-2-1-7-22-14)19-5-8-21-9-6-19/h1-4,7,10,13H,5-6,8-9,11H2,(H,18,20)/t13-/m0/s1. The second-order valence-electron chi connectivity index (χ2n) is 4.98. The predicted octanol–water partition coefficient (Wildman–Crippen LogP) is 0.873. The molecule has 1 saturated heterocycles. The molecular weight excluding hydrogens is 284 g/mol. The lowest BCUT2D eigenvalue weighted by Gasteiger charge is -2.33. The maximum absolute atomic E-state index is 12.1. The highest BCUT2D eigenvalue weighted by atomic mass is 16.5. The van der Waals surface area contributed by atoms with Gasteiger partial charge in [-0.2, -0.15) is 0 Å². The van der Waals surface area contributed by atoms with Gasteiger partial charge < -0.3 is 14.5 Å². The largest absolute Gasteiger partial charge is 0.468 e. The van der Waals surface area contributed by atoms with Crippen LogP contribution in [-0.4, -0.2) is 53.6 Å². The predicted molar refractivity (Wildman–Crippen MR) is 78.2 cm³/mol. The Hall–Kier alpha value is -2.25. The van der Waals surface area contributed by atoms with E-state index >= 15 is 0 Å². The van der Waals surface area contributed by atoms with Crippen LogP contribution in [0.3, 0.4) is 0 Å². The van der Waals surface area contributed by atoms with Gasteiger partial charge in [0.05, 0.1) is 31.7 Å². The molecule has 2 aromatic rings. The van der Waals surface area contributed by atoms with Crippen LogP contribution in [0.2, 0.25) is 0 Å². The number of amides is 1. The van der Waals surface area contributed by atoms with Gasteiger partial charge in [-0.05, 0) is 12.1 Å². The van der Waals surface area contributed by atoms with Crippen LogP contribution >= 0.6 is 0 Å². The summed E-state index contributed by atoms with van der Waals surface area (Å²) in [5, 5.41) is 2.90. The number of hydrogen-bond donors (Lipinski definition) is 1. The molecule has 1 N–H and O–H groups in total. The zero-order valence-electron chi connectivity index (χ0n) is 12.1. The highest BCUT2D eigenvalue weighted by molar-refractivity contribution is 5.91. The number of nitrogens with one attached hydrogen (secondary N) is 1. The SMILES string of the molecule is O=C(NC[C@@H](c1ccco1)N1CCOCC1)c1cnccn1. The number of carbonyl (C=O) groups is 1. The number of rotatable bonds is 5. The first-order valence-electron chi connectivity index (χ1n) is 7.24. The molecule has 3 heterocycles. The van der Waals surface area contributed by atoms with Crippen LogP contribution in [-0.2, 0) is 4.74 Å². The van der Waals surface area contributed by atoms with Gasteiger partial charge in [0, 0.05) is 32.0 Å². The summed E-state index contributed by atoms with van der Waals surface area (Å²) in [6.07, 6.45) is 6.14. The van der Waals surface area contributed by atoms with Crippen LogP contribution < -0.4 is 5.32 Å². The molecular formula is C15H18N4O3. The second-order valence-corrected chi connectivity index (χ2v) is 4.98. The minimum atomic E-state index is -0.238. The summed E-state index contributed by atoms with van der Waals surface area (Å²) in [6.45, 7) is 3.45. The summed E-state index contributed by atoms with van der Waals surface area (Å²) in [5.74, 6) is 0.597. The van der Waals surface area contributed by atoms with E-state index in [0.717, 1.165) is 18.8 Å². The number of hydrogen-bond acceptors (Lipinski definition) is 6. The highest BCUT2D eigenvalue weighted by Gasteiger charge is 2.25.